The molecule has 2 heterocycles. The maximum absolute atomic E-state index is 5.65. The van der Waals surface area contributed by atoms with Gasteiger partial charge in [-0.05, 0) is 63.6 Å². The van der Waals surface area contributed by atoms with E-state index < -0.39 is 0 Å². The molecule has 2 unspecified atom stereocenters. The van der Waals surface area contributed by atoms with E-state index in [4.69, 9.17) is 12.2 Å². The summed E-state index contributed by atoms with van der Waals surface area (Å²) in [4.78, 5) is 2.95. The number of thiocarbonyl (C=S) groups is 1. The van der Waals surface area contributed by atoms with Crippen molar-refractivity contribution in [2.75, 3.05) is 0 Å². The summed E-state index contributed by atoms with van der Waals surface area (Å²) in [6, 6.07) is 3.75. The van der Waals surface area contributed by atoms with Gasteiger partial charge in [0, 0.05) is 30.2 Å². The summed E-state index contributed by atoms with van der Waals surface area (Å²) < 4.78 is 0. The van der Waals surface area contributed by atoms with Gasteiger partial charge in [-0.2, -0.15) is 0 Å². The van der Waals surface area contributed by atoms with Gasteiger partial charge in [-0.3, -0.25) is 4.90 Å². The molecule has 0 aromatic carbocycles. The summed E-state index contributed by atoms with van der Waals surface area (Å²) in [6.07, 6.45) is 19.4. The predicted octanol–water partition coefficient (Wildman–Crippen LogP) is 4.11. The standard InChI is InChI=1S/C20H35N3S/c24-20(21-15-7-2-1-3-8-15)22-16-13-18-11-6-12-19(14-16)23(18)17-9-4-5-10-17/h15-19H,1-14H2,(H2,21,22,24). The molecule has 24 heavy (non-hydrogen) atoms. The Balaban J connectivity index is 1.30. The molecular weight excluding hydrogens is 314 g/mol. The molecule has 0 amide bonds. The van der Waals surface area contributed by atoms with Crippen molar-refractivity contribution in [3.63, 3.8) is 0 Å². The van der Waals surface area contributed by atoms with Crippen LogP contribution in [0, 0.1) is 0 Å². The van der Waals surface area contributed by atoms with E-state index in [-0.39, 0.29) is 0 Å². The first-order valence-corrected chi connectivity index (χ1v) is 11.0. The Hall–Kier alpha value is -0.350. The van der Waals surface area contributed by atoms with Crippen molar-refractivity contribution in [2.45, 2.75) is 120 Å². The molecule has 2 N–H and O–H groups in total. The maximum Gasteiger partial charge on any atom is 0.166 e. The van der Waals surface area contributed by atoms with Gasteiger partial charge < -0.3 is 10.6 Å². The second kappa shape index (κ2) is 7.90. The van der Waals surface area contributed by atoms with Gasteiger partial charge in [0.2, 0.25) is 0 Å². The molecule has 0 radical (unpaired) electrons. The number of nitrogens with one attached hydrogen (secondary N) is 2. The molecule has 2 bridgehead atoms. The zero-order chi connectivity index (χ0) is 16.4. The molecule has 0 aromatic heterocycles. The average molecular weight is 350 g/mol. The lowest BCUT2D eigenvalue weighted by Gasteiger charge is -2.52. The fourth-order valence-electron chi connectivity index (χ4n) is 5.99. The van der Waals surface area contributed by atoms with Crippen molar-refractivity contribution in [2.24, 2.45) is 0 Å². The van der Waals surface area contributed by atoms with Gasteiger partial charge in [-0.25, -0.2) is 0 Å². The van der Waals surface area contributed by atoms with Crippen LogP contribution in [0.4, 0.5) is 0 Å². The number of fused-ring (bicyclic) bond motifs is 2. The molecule has 136 valence electrons. The Morgan fingerprint density at radius 1 is 0.625 bits per heavy atom. The molecule has 4 aliphatic rings. The maximum atomic E-state index is 5.65. The minimum Gasteiger partial charge on any atom is -0.360 e. The molecule has 0 spiro atoms. The zero-order valence-electron chi connectivity index (χ0n) is 15.1. The predicted molar refractivity (Wildman–Crippen MR) is 104 cm³/mol. The SMILES string of the molecule is S=C(NC1CCCCC1)NC1CC2CCCC(C1)N2C1CCCC1. The van der Waals surface area contributed by atoms with Crippen molar-refractivity contribution >= 4 is 17.3 Å². The van der Waals surface area contributed by atoms with Gasteiger partial charge in [0.1, 0.15) is 0 Å². The topological polar surface area (TPSA) is 27.3 Å². The van der Waals surface area contributed by atoms with Crippen LogP contribution in [0.5, 0.6) is 0 Å². The highest BCUT2D eigenvalue weighted by Gasteiger charge is 2.42. The number of hydrogen-bond acceptors (Lipinski definition) is 2. The van der Waals surface area contributed by atoms with Gasteiger partial charge in [0.15, 0.2) is 5.11 Å². The van der Waals surface area contributed by atoms with Gasteiger partial charge in [-0.15, -0.1) is 0 Å². The summed E-state index contributed by atoms with van der Waals surface area (Å²) in [7, 11) is 0. The van der Waals surface area contributed by atoms with Crippen LogP contribution in [0.15, 0.2) is 0 Å². The summed E-state index contributed by atoms with van der Waals surface area (Å²) in [5.41, 5.74) is 0. The van der Waals surface area contributed by atoms with Gasteiger partial charge in [0.05, 0.1) is 0 Å². The van der Waals surface area contributed by atoms with Crippen molar-refractivity contribution < 1.29 is 0 Å². The highest BCUT2D eigenvalue weighted by Crippen LogP contribution is 2.39. The Kier molecular flexibility index (Phi) is 5.63. The van der Waals surface area contributed by atoms with Crippen LogP contribution >= 0.6 is 12.2 Å². The lowest BCUT2D eigenvalue weighted by Crippen LogP contribution is -2.60. The van der Waals surface area contributed by atoms with E-state index in [1.165, 1.54) is 89.9 Å². The molecule has 4 heteroatoms. The molecular formula is C20H35N3S. The first kappa shape index (κ1) is 17.1. The number of rotatable bonds is 3. The van der Waals surface area contributed by atoms with E-state index >= 15 is 0 Å². The third kappa shape index (κ3) is 3.90. The first-order chi connectivity index (χ1) is 11.8. The summed E-state index contributed by atoms with van der Waals surface area (Å²) in [5.74, 6) is 0. The van der Waals surface area contributed by atoms with E-state index in [0.29, 0.717) is 12.1 Å². The number of hydrogen-bond donors (Lipinski definition) is 2. The third-order valence-electron chi connectivity index (χ3n) is 7.05. The first-order valence-electron chi connectivity index (χ1n) is 10.6. The second-order valence-electron chi connectivity index (χ2n) is 8.75. The van der Waals surface area contributed by atoms with E-state index in [1.807, 2.05) is 0 Å². The molecule has 2 saturated carbocycles. The van der Waals surface area contributed by atoms with Crippen LogP contribution in [0.2, 0.25) is 0 Å². The van der Waals surface area contributed by atoms with Gasteiger partial charge >= 0.3 is 0 Å². The largest absolute Gasteiger partial charge is 0.360 e. The molecule has 2 aliphatic carbocycles. The normalized spacial score (nSPS) is 35.8. The van der Waals surface area contributed by atoms with Crippen LogP contribution in [0.3, 0.4) is 0 Å². The minimum absolute atomic E-state index is 0.599. The van der Waals surface area contributed by atoms with Crippen LogP contribution in [0.1, 0.15) is 89.9 Å². The minimum atomic E-state index is 0.599. The molecule has 4 fully saturated rings. The summed E-state index contributed by atoms with van der Waals surface area (Å²) >= 11 is 5.65. The monoisotopic (exact) mass is 349 g/mol. The Morgan fingerprint density at radius 2 is 1.17 bits per heavy atom. The van der Waals surface area contributed by atoms with Crippen molar-refractivity contribution in [3.8, 4) is 0 Å². The lowest BCUT2D eigenvalue weighted by atomic mass is 9.80. The number of nitrogens with zero attached hydrogens (tertiary/aromatic N) is 1. The van der Waals surface area contributed by atoms with Crippen LogP contribution in [-0.4, -0.2) is 40.2 Å². The van der Waals surface area contributed by atoms with Crippen LogP contribution < -0.4 is 10.6 Å². The highest BCUT2D eigenvalue weighted by atomic mass is 32.1. The zero-order valence-corrected chi connectivity index (χ0v) is 16.0. The molecule has 3 nitrogen and oxygen atoms in total. The summed E-state index contributed by atoms with van der Waals surface area (Å²) in [5, 5.41) is 8.23. The quantitative estimate of drug-likeness (QED) is 0.750. The van der Waals surface area contributed by atoms with Crippen LogP contribution in [0.25, 0.3) is 0 Å². The summed E-state index contributed by atoms with van der Waals surface area (Å²) in [6.45, 7) is 0. The van der Waals surface area contributed by atoms with Crippen LogP contribution in [-0.2, 0) is 0 Å². The Morgan fingerprint density at radius 3 is 1.83 bits per heavy atom. The Bertz CT molecular complexity index is 415. The van der Waals surface area contributed by atoms with Crippen molar-refractivity contribution in [1.29, 1.82) is 0 Å². The fourth-order valence-corrected chi connectivity index (χ4v) is 6.33. The van der Waals surface area contributed by atoms with Crippen molar-refractivity contribution in [1.82, 2.24) is 15.5 Å². The lowest BCUT2D eigenvalue weighted by molar-refractivity contribution is -0.00610. The number of piperidine rings is 2. The van der Waals surface area contributed by atoms with E-state index in [2.05, 4.69) is 15.5 Å². The average Bonchev–Trinajstić information content (AvgIpc) is 3.09. The van der Waals surface area contributed by atoms with E-state index in [9.17, 15) is 0 Å². The highest BCUT2D eigenvalue weighted by molar-refractivity contribution is 7.80. The fraction of sp³-hybridized carbons (Fsp3) is 0.950. The van der Waals surface area contributed by atoms with Gasteiger partial charge in [-0.1, -0.05) is 38.5 Å². The molecule has 2 atom stereocenters. The van der Waals surface area contributed by atoms with Crippen molar-refractivity contribution in [3.05, 3.63) is 0 Å². The third-order valence-corrected chi connectivity index (χ3v) is 7.29. The van der Waals surface area contributed by atoms with E-state index in [1.54, 1.807) is 0 Å². The smallest absolute Gasteiger partial charge is 0.166 e. The second-order valence-corrected chi connectivity index (χ2v) is 9.15. The molecule has 2 saturated heterocycles. The Labute approximate surface area is 153 Å². The molecule has 2 aliphatic heterocycles. The molecule has 0 aromatic rings. The van der Waals surface area contributed by atoms with E-state index in [0.717, 1.165) is 23.2 Å². The molecule has 4 rings (SSSR count). The van der Waals surface area contributed by atoms with Gasteiger partial charge in [0.25, 0.3) is 0 Å².